The highest BCUT2D eigenvalue weighted by Gasteiger charge is 2.32. The zero-order valence-corrected chi connectivity index (χ0v) is 12.4. The average Bonchev–Trinajstić information content (AvgIpc) is 2.75. The minimum absolute atomic E-state index is 0.145. The molecule has 2 N–H and O–H groups in total. The Balaban J connectivity index is 2.27. The molecule has 7 heteroatoms. The van der Waals surface area contributed by atoms with Crippen LogP contribution in [-0.4, -0.2) is 33.8 Å². The van der Waals surface area contributed by atoms with Crippen molar-refractivity contribution in [2.45, 2.75) is 46.2 Å². The molecule has 2 heterocycles. The summed E-state index contributed by atoms with van der Waals surface area (Å²) in [6.07, 6.45) is 1.95. The maximum absolute atomic E-state index is 11.3. The third-order valence-electron chi connectivity index (χ3n) is 4.13. The van der Waals surface area contributed by atoms with E-state index >= 15 is 0 Å². The van der Waals surface area contributed by atoms with Crippen LogP contribution in [0, 0.1) is 23.0 Å². The summed E-state index contributed by atoms with van der Waals surface area (Å²) in [5.41, 5.74) is 6.58. The molecule has 0 aliphatic carbocycles. The summed E-state index contributed by atoms with van der Waals surface area (Å²) in [7, 11) is 0. The van der Waals surface area contributed by atoms with Gasteiger partial charge in [-0.1, -0.05) is 0 Å². The molecule has 0 spiro atoms. The zero-order chi connectivity index (χ0) is 14.9. The molecule has 0 aromatic carbocycles. The van der Waals surface area contributed by atoms with Gasteiger partial charge in [-0.2, -0.15) is 5.10 Å². The van der Waals surface area contributed by atoms with Crippen molar-refractivity contribution >= 4 is 11.5 Å². The van der Waals surface area contributed by atoms with Gasteiger partial charge in [-0.15, -0.1) is 0 Å². The maximum atomic E-state index is 11.3. The molecular weight excluding hydrogens is 258 g/mol. The molecule has 0 saturated carbocycles. The summed E-state index contributed by atoms with van der Waals surface area (Å²) < 4.78 is 1.74. The van der Waals surface area contributed by atoms with Crippen LogP contribution in [0.1, 0.15) is 32.4 Å². The molecule has 1 aromatic rings. The number of rotatable bonds is 4. The minimum atomic E-state index is -0.318. The first-order valence-electron chi connectivity index (χ1n) is 7.18. The number of nitrogens with two attached hydrogens (primary N) is 1. The number of aryl methyl sites for hydroxylation is 2. The van der Waals surface area contributed by atoms with Crippen molar-refractivity contribution in [2.75, 3.05) is 18.0 Å². The fraction of sp³-hybridized carbons (Fsp3) is 0.769. The van der Waals surface area contributed by atoms with Crippen molar-refractivity contribution in [2.24, 2.45) is 11.7 Å². The first kappa shape index (κ1) is 14.8. The first-order valence-corrected chi connectivity index (χ1v) is 7.18. The monoisotopic (exact) mass is 281 g/mol. The number of piperidine rings is 1. The highest BCUT2D eigenvalue weighted by atomic mass is 16.6. The van der Waals surface area contributed by atoms with Crippen LogP contribution >= 0.6 is 0 Å². The summed E-state index contributed by atoms with van der Waals surface area (Å²) in [4.78, 5) is 13.1. The molecule has 1 unspecified atom stereocenters. The van der Waals surface area contributed by atoms with E-state index in [2.05, 4.69) is 10.00 Å². The van der Waals surface area contributed by atoms with Gasteiger partial charge in [-0.3, -0.25) is 10.1 Å². The quantitative estimate of drug-likeness (QED) is 0.670. The maximum Gasteiger partial charge on any atom is 0.333 e. The molecule has 7 nitrogen and oxygen atoms in total. The molecule has 0 radical (unpaired) electrons. The van der Waals surface area contributed by atoms with Gasteiger partial charge in [0.05, 0.1) is 4.92 Å². The smallest absolute Gasteiger partial charge is 0.333 e. The second-order valence-electron chi connectivity index (χ2n) is 5.51. The Morgan fingerprint density at radius 3 is 2.55 bits per heavy atom. The van der Waals surface area contributed by atoms with Gasteiger partial charge in [0.2, 0.25) is 5.82 Å². The van der Waals surface area contributed by atoms with Crippen LogP contribution in [0.5, 0.6) is 0 Å². The van der Waals surface area contributed by atoms with Crippen LogP contribution in [0.3, 0.4) is 0 Å². The predicted molar refractivity (Wildman–Crippen MR) is 77.9 cm³/mol. The van der Waals surface area contributed by atoms with E-state index in [-0.39, 0.29) is 16.7 Å². The van der Waals surface area contributed by atoms with Gasteiger partial charge in [0.1, 0.15) is 5.69 Å². The normalized spacial score (nSPS) is 18.3. The van der Waals surface area contributed by atoms with E-state index in [1.54, 1.807) is 11.6 Å². The molecule has 2 rings (SSSR count). The number of nitro groups is 1. The van der Waals surface area contributed by atoms with Gasteiger partial charge < -0.3 is 10.6 Å². The fourth-order valence-electron chi connectivity index (χ4n) is 2.94. The number of aromatic nitrogens is 2. The van der Waals surface area contributed by atoms with E-state index < -0.39 is 0 Å². The lowest BCUT2D eigenvalue weighted by molar-refractivity contribution is -0.384. The Hall–Kier alpha value is -1.63. The number of nitrogens with zero attached hydrogens (tertiary/aromatic N) is 4. The Labute approximate surface area is 118 Å². The van der Waals surface area contributed by atoms with Gasteiger partial charge >= 0.3 is 5.69 Å². The first-order chi connectivity index (χ1) is 9.45. The highest BCUT2D eigenvalue weighted by Crippen LogP contribution is 2.34. The molecule has 0 amide bonds. The topological polar surface area (TPSA) is 90.2 Å². The van der Waals surface area contributed by atoms with Gasteiger partial charge in [0.25, 0.3) is 0 Å². The van der Waals surface area contributed by atoms with Crippen LogP contribution in [0.25, 0.3) is 0 Å². The fourth-order valence-corrected chi connectivity index (χ4v) is 2.94. The Kier molecular flexibility index (Phi) is 4.27. The van der Waals surface area contributed by atoms with Crippen molar-refractivity contribution in [1.29, 1.82) is 0 Å². The summed E-state index contributed by atoms with van der Waals surface area (Å²) in [5.74, 6) is 1.16. The summed E-state index contributed by atoms with van der Waals surface area (Å²) >= 11 is 0. The average molecular weight is 281 g/mol. The highest BCUT2D eigenvalue weighted by molar-refractivity contribution is 5.61. The zero-order valence-electron chi connectivity index (χ0n) is 12.4. The molecule has 1 aliphatic rings. The van der Waals surface area contributed by atoms with Crippen molar-refractivity contribution < 1.29 is 4.92 Å². The van der Waals surface area contributed by atoms with Crippen molar-refractivity contribution in [3.05, 3.63) is 15.8 Å². The standard InChI is InChI=1S/C13H23N5O2/c1-4-17-13(12(18(19)20)10(3)15-17)16-7-5-11(6-8-16)9(2)14/h9,11H,4-8,14H2,1-3H3. The van der Waals surface area contributed by atoms with Gasteiger partial charge in [-0.05, 0) is 39.5 Å². The van der Waals surface area contributed by atoms with Crippen LogP contribution in [0.2, 0.25) is 0 Å². The lowest BCUT2D eigenvalue weighted by Crippen LogP contribution is -2.40. The Morgan fingerprint density at radius 2 is 2.10 bits per heavy atom. The predicted octanol–water partition coefficient (Wildman–Crippen LogP) is 1.68. The summed E-state index contributed by atoms with van der Waals surface area (Å²) in [6, 6.07) is 0.185. The Morgan fingerprint density at radius 1 is 1.50 bits per heavy atom. The van der Waals surface area contributed by atoms with E-state index in [0.29, 0.717) is 24.0 Å². The van der Waals surface area contributed by atoms with E-state index in [9.17, 15) is 10.1 Å². The van der Waals surface area contributed by atoms with Crippen LogP contribution in [-0.2, 0) is 6.54 Å². The number of hydrogen-bond donors (Lipinski definition) is 1. The lowest BCUT2D eigenvalue weighted by atomic mass is 9.91. The molecule has 1 aromatic heterocycles. The third kappa shape index (κ3) is 2.63. The Bertz CT molecular complexity index is 489. The molecule has 112 valence electrons. The van der Waals surface area contributed by atoms with Crippen LogP contribution in [0.4, 0.5) is 11.5 Å². The number of hydrogen-bond acceptors (Lipinski definition) is 5. The SMILES string of the molecule is CCn1nc(C)c([N+](=O)[O-])c1N1CCC(C(C)N)CC1. The minimum Gasteiger partial charge on any atom is -0.351 e. The van der Waals surface area contributed by atoms with Crippen molar-refractivity contribution in [1.82, 2.24) is 9.78 Å². The second-order valence-corrected chi connectivity index (χ2v) is 5.51. The van der Waals surface area contributed by atoms with Gasteiger partial charge in [0.15, 0.2) is 0 Å². The molecule has 1 fully saturated rings. The largest absolute Gasteiger partial charge is 0.351 e. The van der Waals surface area contributed by atoms with Crippen molar-refractivity contribution in [3.8, 4) is 0 Å². The molecule has 20 heavy (non-hydrogen) atoms. The molecule has 0 bridgehead atoms. The van der Waals surface area contributed by atoms with E-state index in [1.807, 2.05) is 13.8 Å². The molecule has 1 saturated heterocycles. The molecule has 1 aliphatic heterocycles. The van der Waals surface area contributed by atoms with Crippen LogP contribution in [0.15, 0.2) is 0 Å². The summed E-state index contributed by atoms with van der Waals surface area (Å²) in [5, 5.41) is 15.6. The van der Waals surface area contributed by atoms with Gasteiger partial charge in [-0.25, -0.2) is 4.68 Å². The molecule has 1 atom stereocenters. The van der Waals surface area contributed by atoms with E-state index in [4.69, 9.17) is 5.73 Å². The van der Waals surface area contributed by atoms with E-state index in [1.165, 1.54) is 0 Å². The van der Waals surface area contributed by atoms with Crippen molar-refractivity contribution in [3.63, 3.8) is 0 Å². The van der Waals surface area contributed by atoms with Crippen LogP contribution < -0.4 is 10.6 Å². The third-order valence-corrected chi connectivity index (χ3v) is 4.13. The number of anilines is 1. The molecular formula is C13H23N5O2. The lowest BCUT2D eigenvalue weighted by Gasteiger charge is -2.34. The second kappa shape index (κ2) is 5.78. The van der Waals surface area contributed by atoms with Gasteiger partial charge in [0, 0.05) is 25.7 Å². The summed E-state index contributed by atoms with van der Waals surface area (Å²) in [6.45, 7) is 7.92. The van der Waals surface area contributed by atoms with E-state index in [0.717, 1.165) is 25.9 Å².